The van der Waals surface area contributed by atoms with Crippen molar-refractivity contribution in [3.05, 3.63) is 56.2 Å². The molecule has 0 radical (unpaired) electrons. The van der Waals surface area contributed by atoms with Crippen LogP contribution in [0.25, 0.3) is 10.2 Å². The number of fused-ring (bicyclic) bond motifs is 3. The van der Waals surface area contributed by atoms with E-state index in [0.717, 1.165) is 35.7 Å². The first-order chi connectivity index (χ1) is 12.0. The second-order valence-electron chi connectivity index (χ2n) is 5.89. The van der Waals surface area contributed by atoms with Gasteiger partial charge in [0.15, 0.2) is 0 Å². The van der Waals surface area contributed by atoms with Crippen molar-refractivity contribution in [3.8, 4) is 0 Å². The molecule has 1 aromatic carbocycles. The Kier molecular flexibility index (Phi) is 4.05. The van der Waals surface area contributed by atoms with Crippen LogP contribution in [0.1, 0.15) is 16.9 Å². The Labute approximate surface area is 151 Å². The van der Waals surface area contributed by atoms with E-state index in [4.69, 9.17) is 11.6 Å². The highest BCUT2D eigenvalue weighted by Crippen LogP contribution is 2.34. The number of nitrogens with zero attached hydrogens (tertiary/aromatic N) is 2. The molecule has 1 amide bonds. The number of amides is 1. The highest BCUT2D eigenvalue weighted by atomic mass is 35.5. The summed E-state index contributed by atoms with van der Waals surface area (Å²) in [6.07, 6.45) is 4.26. The zero-order valence-corrected chi connectivity index (χ0v) is 14.6. The molecule has 1 N–H and O–H groups in total. The number of hydrogen-bond acceptors (Lipinski definition) is 4. The molecule has 3 aromatic rings. The Balaban J connectivity index is 1.61. The number of carbonyl (C=O) groups is 1. The van der Waals surface area contributed by atoms with Crippen LogP contribution in [0, 0.1) is 5.82 Å². The summed E-state index contributed by atoms with van der Waals surface area (Å²) in [5, 5.41) is 3.31. The van der Waals surface area contributed by atoms with Crippen LogP contribution in [0.5, 0.6) is 0 Å². The maximum Gasteiger partial charge on any atom is 0.262 e. The highest BCUT2D eigenvalue weighted by molar-refractivity contribution is 7.18. The molecule has 2 aromatic heterocycles. The van der Waals surface area contributed by atoms with E-state index in [2.05, 4.69) is 10.3 Å². The second kappa shape index (κ2) is 6.24. The summed E-state index contributed by atoms with van der Waals surface area (Å²) in [6, 6.07) is 3.98. The van der Waals surface area contributed by atoms with Crippen LogP contribution in [0.15, 0.2) is 29.3 Å². The third-order valence-electron chi connectivity index (χ3n) is 4.21. The van der Waals surface area contributed by atoms with E-state index in [0.29, 0.717) is 5.39 Å². The number of aromatic nitrogens is 2. The smallest absolute Gasteiger partial charge is 0.262 e. The Morgan fingerprint density at radius 2 is 2.24 bits per heavy atom. The number of benzene rings is 1. The molecule has 25 heavy (non-hydrogen) atoms. The van der Waals surface area contributed by atoms with Gasteiger partial charge in [-0.15, -0.1) is 11.3 Å². The number of aryl methyl sites for hydroxylation is 2. The van der Waals surface area contributed by atoms with Gasteiger partial charge in [0.25, 0.3) is 5.56 Å². The number of halogens is 2. The molecule has 4 rings (SSSR count). The second-order valence-corrected chi connectivity index (χ2v) is 7.41. The van der Waals surface area contributed by atoms with E-state index in [9.17, 15) is 14.0 Å². The summed E-state index contributed by atoms with van der Waals surface area (Å²) in [5.74, 6) is -1.13. The van der Waals surface area contributed by atoms with Gasteiger partial charge in [0.2, 0.25) is 5.91 Å². The van der Waals surface area contributed by atoms with Crippen LogP contribution in [0.3, 0.4) is 0 Å². The summed E-state index contributed by atoms with van der Waals surface area (Å²) in [6.45, 7) is -0.228. The molecule has 0 saturated carbocycles. The van der Waals surface area contributed by atoms with Crippen molar-refractivity contribution in [2.45, 2.75) is 25.8 Å². The van der Waals surface area contributed by atoms with Crippen LogP contribution in [-0.2, 0) is 24.2 Å². The van der Waals surface area contributed by atoms with Crippen LogP contribution in [0.4, 0.5) is 10.1 Å². The van der Waals surface area contributed by atoms with Gasteiger partial charge in [0, 0.05) is 9.90 Å². The fourth-order valence-electron chi connectivity index (χ4n) is 3.07. The number of anilines is 1. The van der Waals surface area contributed by atoms with Gasteiger partial charge in [-0.1, -0.05) is 11.6 Å². The molecule has 0 saturated heterocycles. The monoisotopic (exact) mass is 377 g/mol. The Bertz CT molecular complexity index is 1060. The normalized spacial score (nSPS) is 13.2. The topological polar surface area (TPSA) is 64.0 Å². The van der Waals surface area contributed by atoms with Crippen LogP contribution < -0.4 is 10.9 Å². The third-order valence-corrected chi connectivity index (χ3v) is 5.65. The summed E-state index contributed by atoms with van der Waals surface area (Å²) in [7, 11) is 0. The molecule has 0 aliphatic heterocycles. The Hall–Kier alpha value is -2.25. The predicted molar refractivity (Wildman–Crippen MR) is 95.9 cm³/mol. The number of nitrogens with one attached hydrogen (secondary N) is 1. The van der Waals surface area contributed by atoms with Gasteiger partial charge in [-0.3, -0.25) is 14.2 Å². The lowest BCUT2D eigenvalue weighted by molar-refractivity contribution is -0.116. The van der Waals surface area contributed by atoms with E-state index in [1.165, 1.54) is 27.9 Å². The van der Waals surface area contributed by atoms with Gasteiger partial charge < -0.3 is 5.32 Å². The fraction of sp³-hybridized carbons (Fsp3) is 0.235. The average Bonchev–Trinajstić information content (AvgIpc) is 3.13. The molecule has 1 aliphatic rings. The first-order valence-corrected chi connectivity index (χ1v) is 8.97. The van der Waals surface area contributed by atoms with Crippen LogP contribution >= 0.6 is 22.9 Å². The Morgan fingerprint density at radius 1 is 1.40 bits per heavy atom. The van der Waals surface area contributed by atoms with Crippen LogP contribution in [0.2, 0.25) is 5.02 Å². The van der Waals surface area contributed by atoms with Crippen molar-refractivity contribution >= 4 is 44.7 Å². The third kappa shape index (κ3) is 2.94. The lowest BCUT2D eigenvalue weighted by Crippen LogP contribution is -2.28. The summed E-state index contributed by atoms with van der Waals surface area (Å²) in [5.41, 5.74) is 0.861. The van der Waals surface area contributed by atoms with Crippen molar-refractivity contribution in [1.29, 1.82) is 0 Å². The SMILES string of the molecule is O=C(Cn1cnc2sc3c(c2c1=O)CCC3)Nc1ccc(Cl)cc1F. The number of rotatable bonds is 3. The fourth-order valence-corrected chi connectivity index (χ4v) is 4.45. The summed E-state index contributed by atoms with van der Waals surface area (Å²) in [4.78, 5) is 31.1. The Morgan fingerprint density at radius 3 is 3.04 bits per heavy atom. The zero-order valence-electron chi connectivity index (χ0n) is 13.0. The van der Waals surface area contributed by atoms with E-state index in [1.807, 2.05) is 0 Å². The first-order valence-electron chi connectivity index (χ1n) is 7.77. The molecule has 0 unspecified atom stereocenters. The molecule has 0 fully saturated rings. The first kappa shape index (κ1) is 16.2. The molecule has 1 aliphatic carbocycles. The number of hydrogen-bond donors (Lipinski definition) is 1. The predicted octanol–water partition coefficient (Wildman–Crippen LogP) is 3.38. The zero-order chi connectivity index (χ0) is 17.6. The quantitative estimate of drug-likeness (QED) is 0.761. The van der Waals surface area contributed by atoms with Gasteiger partial charge in [-0.25, -0.2) is 9.37 Å². The summed E-state index contributed by atoms with van der Waals surface area (Å²) >= 11 is 7.24. The molecule has 0 bridgehead atoms. The molecule has 0 spiro atoms. The average molecular weight is 378 g/mol. The maximum absolute atomic E-state index is 13.8. The molecule has 5 nitrogen and oxygen atoms in total. The number of thiophene rings is 1. The summed E-state index contributed by atoms with van der Waals surface area (Å²) < 4.78 is 15.0. The largest absolute Gasteiger partial charge is 0.322 e. The standard InChI is InChI=1S/C17H13ClFN3O2S/c18-9-4-5-12(11(19)6-9)21-14(23)7-22-8-20-16-15(17(22)24)10-2-1-3-13(10)25-16/h4-6,8H,1-3,7H2,(H,21,23). The minimum Gasteiger partial charge on any atom is -0.322 e. The minimum absolute atomic E-state index is 0.0212. The maximum atomic E-state index is 13.8. The highest BCUT2D eigenvalue weighted by Gasteiger charge is 2.21. The van der Waals surface area contributed by atoms with Gasteiger partial charge in [-0.05, 0) is 43.0 Å². The van der Waals surface area contributed by atoms with E-state index >= 15 is 0 Å². The van der Waals surface area contributed by atoms with Gasteiger partial charge in [-0.2, -0.15) is 0 Å². The van der Waals surface area contributed by atoms with Crippen molar-refractivity contribution in [2.75, 3.05) is 5.32 Å². The van der Waals surface area contributed by atoms with Gasteiger partial charge in [0.05, 0.1) is 17.4 Å². The minimum atomic E-state index is -0.627. The molecule has 128 valence electrons. The molecular formula is C17H13ClFN3O2S. The van der Waals surface area contributed by atoms with Crippen molar-refractivity contribution in [3.63, 3.8) is 0 Å². The number of carbonyl (C=O) groups excluding carboxylic acids is 1. The van der Waals surface area contributed by atoms with E-state index in [-0.39, 0.29) is 22.8 Å². The molecule has 8 heteroatoms. The van der Waals surface area contributed by atoms with Crippen molar-refractivity contribution < 1.29 is 9.18 Å². The lowest BCUT2D eigenvalue weighted by Gasteiger charge is -2.08. The van der Waals surface area contributed by atoms with Gasteiger partial charge >= 0.3 is 0 Å². The van der Waals surface area contributed by atoms with Crippen LogP contribution in [-0.4, -0.2) is 15.5 Å². The van der Waals surface area contributed by atoms with Gasteiger partial charge in [0.1, 0.15) is 17.2 Å². The molecule has 2 heterocycles. The van der Waals surface area contributed by atoms with E-state index in [1.54, 1.807) is 11.3 Å². The van der Waals surface area contributed by atoms with Crippen molar-refractivity contribution in [2.24, 2.45) is 0 Å². The molecule has 0 atom stereocenters. The lowest BCUT2D eigenvalue weighted by atomic mass is 10.2. The molecular weight excluding hydrogens is 365 g/mol. The van der Waals surface area contributed by atoms with Crippen molar-refractivity contribution in [1.82, 2.24) is 9.55 Å². The van der Waals surface area contributed by atoms with E-state index < -0.39 is 11.7 Å².